The van der Waals surface area contributed by atoms with Gasteiger partial charge in [0.15, 0.2) is 11.4 Å². The van der Waals surface area contributed by atoms with Crippen molar-refractivity contribution in [1.29, 1.82) is 0 Å². The zero-order valence-corrected chi connectivity index (χ0v) is 21.9. The van der Waals surface area contributed by atoms with E-state index in [1.165, 1.54) is 39.0 Å². The molecule has 5 aliphatic rings. The van der Waals surface area contributed by atoms with Gasteiger partial charge in [0.25, 0.3) is 0 Å². The van der Waals surface area contributed by atoms with Gasteiger partial charge in [-0.15, -0.1) is 0 Å². The molecule has 0 unspecified atom stereocenters. The van der Waals surface area contributed by atoms with Crippen LogP contribution in [0.4, 0.5) is 0 Å². The third kappa shape index (κ3) is 3.17. The number of hydrogen-bond donors (Lipinski definition) is 0. The van der Waals surface area contributed by atoms with Gasteiger partial charge in [-0.25, -0.2) is 0 Å². The number of rotatable bonds is 6. The quantitative estimate of drug-likeness (QED) is 0.337. The fourth-order valence-corrected chi connectivity index (χ4v) is 9.78. The number of epoxide rings is 1. The molecule has 2 spiro atoms. The van der Waals surface area contributed by atoms with Crippen LogP contribution >= 0.6 is 0 Å². The van der Waals surface area contributed by atoms with Crippen LogP contribution in [0.1, 0.15) is 112 Å². The van der Waals surface area contributed by atoms with E-state index >= 15 is 0 Å². The van der Waals surface area contributed by atoms with Crippen molar-refractivity contribution in [2.45, 2.75) is 129 Å². The Morgan fingerprint density at radius 2 is 1.85 bits per heavy atom. The Kier molecular flexibility index (Phi) is 5.63. The third-order valence-electron chi connectivity index (χ3n) is 11.5. The predicted octanol–water partition coefficient (Wildman–Crippen LogP) is 6.49. The lowest BCUT2D eigenvalue weighted by Crippen LogP contribution is -2.62. The Bertz CT molecular complexity index is 820. The molecule has 33 heavy (non-hydrogen) atoms. The number of carbonyl (C=O) groups is 2. The summed E-state index contributed by atoms with van der Waals surface area (Å²) in [5, 5.41) is 0. The maximum Gasteiger partial charge on any atom is 0.302 e. The van der Waals surface area contributed by atoms with Gasteiger partial charge >= 0.3 is 5.97 Å². The molecular weight excluding hydrogens is 412 g/mol. The molecule has 5 rings (SSSR count). The molecule has 1 heterocycles. The van der Waals surface area contributed by atoms with Crippen molar-refractivity contribution in [2.75, 3.05) is 0 Å². The lowest BCUT2D eigenvalue weighted by molar-refractivity contribution is -0.160. The van der Waals surface area contributed by atoms with Crippen LogP contribution in [0.5, 0.6) is 0 Å². The Morgan fingerprint density at radius 1 is 1.09 bits per heavy atom. The summed E-state index contributed by atoms with van der Waals surface area (Å²) in [7, 11) is 0. The summed E-state index contributed by atoms with van der Waals surface area (Å²) in [5.41, 5.74) is -0.478. The Balaban J connectivity index is 1.37. The van der Waals surface area contributed by atoms with Crippen LogP contribution in [0.25, 0.3) is 0 Å². The summed E-state index contributed by atoms with van der Waals surface area (Å²) in [6.45, 7) is 13.5. The van der Waals surface area contributed by atoms with Gasteiger partial charge < -0.3 is 9.47 Å². The van der Waals surface area contributed by atoms with Gasteiger partial charge in [-0.1, -0.05) is 53.9 Å². The third-order valence-corrected chi connectivity index (χ3v) is 11.5. The number of ether oxygens (including phenoxy) is 2. The van der Waals surface area contributed by atoms with Crippen molar-refractivity contribution in [3.8, 4) is 0 Å². The van der Waals surface area contributed by atoms with Gasteiger partial charge in [-0.2, -0.15) is 0 Å². The van der Waals surface area contributed by atoms with E-state index in [1.807, 2.05) is 0 Å². The van der Waals surface area contributed by atoms with Gasteiger partial charge in [0, 0.05) is 24.7 Å². The van der Waals surface area contributed by atoms with E-state index in [-0.39, 0.29) is 28.5 Å². The smallest absolute Gasteiger partial charge is 0.302 e. The van der Waals surface area contributed by atoms with E-state index in [4.69, 9.17) is 9.47 Å². The summed E-state index contributed by atoms with van der Waals surface area (Å²) in [5.74, 6) is 2.97. The molecule has 0 aromatic rings. The molecule has 0 aromatic carbocycles. The molecule has 4 nitrogen and oxygen atoms in total. The molecule has 0 radical (unpaired) electrons. The predicted molar refractivity (Wildman–Crippen MR) is 129 cm³/mol. The number of carbonyl (C=O) groups excluding carboxylic acids is 2. The normalized spacial score (nSPS) is 49.0. The number of ketones is 1. The van der Waals surface area contributed by atoms with Crippen LogP contribution in [0, 0.1) is 40.4 Å². The summed E-state index contributed by atoms with van der Waals surface area (Å²) >= 11 is 0. The van der Waals surface area contributed by atoms with Crippen molar-refractivity contribution in [1.82, 2.24) is 0 Å². The average molecular weight is 459 g/mol. The molecule has 0 aromatic heterocycles. The van der Waals surface area contributed by atoms with E-state index < -0.39 is 5.60 Å². The molecule has 4 aliphatic carbocycles. The molecule has 9 atom stereocenters. The van der Waals surface area contributed by atoms with Crippen LogP contribution in [0.3, 0.4) is 0 Å². The van der Waals surface area contributed by atoms with Crippen molar-refractivity contribution in [3.63, 3.8) is 0 Å². The summed E-state index contributed by atoms with van der Waals surface area (Å²) in [6.07, 6.45) is 11.9. The molecule has 4 saturated carbocycles. The van der Waals surface area contributed by atoms with E-state index in [0.717, 1.165) is 38.0 Å². The summed E-state index contributed by atoms with van der Waals surface area (Å²) in [4.78, 5) is 25.4. The van der Waals surface area contributed by atoms with Gasteiger partial charge in [0.2, 0.25) is 0 Å². The Labute approximate surface area is 200 Å². The molecule has 186 valence electrons. The lowest BCUT2D eigenvalue weighted by atomic mass is 9.44. The topological polar surface area (TPSA) is 55.9 Å². The van der Waals surface area contributed by atoms with Crippen molar-refractivity contribution >= 4 is 11.8 Å². The minimum atomic E-state index is -0.522. The highest BCUT2D eigenvalue weighted by Gasteiger charge is 2.89. The molecule has 1 aliphatic heterocycles. The number of fused-ring (bicyclic) bond motifs is 2. The first-order chi connectivity index (χ1) is 15.5. The zero-order valence-electron chi connectivity index (χ0n) is 21.9. The standard InChI is InChI=1S/C29H46O4/c1-18(2)8-7-9-19(3)23-11-15-28-27(23,6)14-12-24-26(5)13-10-22(32-20(4)30)16-21(26)17-25(31)29(24,28)33-28/h18-19,21-24H,7-17H2,1-6H3/t19-,21-,22-,23+,24+,26+,27+,28+,29+/m1/s1. The molecule has 0 amide bonds. The highest BCUT2D eigenvalue weighted by Crippen LogP contribution is 2.80. The van der Waals surface area contributed by atoms with Gasteiger partial charge in [0.1, 0.15) is 11.7 Å². The maximum absolute atomic E-state index is 13.9. The largest absolute Gasteiger partial charge is 0.463 e. The van der Waals surface area contributed by atoms with Crippen LogP contribution in [-0.4, -0.2) is 29.1 Å². The van der Waals surface area contributed by atoms with Gasteiger partial charge in [-0.05, 0) is 74.0 Å². The van der Waals surface area contributed by atoms with Gasteiger partial charge in [-0.3, -0.25) is 9.59 Å². The molecule has 1 saturated heterocycles. The fourth-order valence-electron chi connectivity index (χ4n) is 9.78. The van der Waals surface area contributed by atoms with Crippen LogP contribution in [-0.2, 0) is 19.1 Å². The molecule has 5 fully saturated rings. The minimum Gasteiger partial charge on any atom is -0.463 e. The van der Waals surface area contributed by atoms with Crippen LogP contribution in [0.15, 0.2) is 0 Å². The van der Waals surface area contributed by atoms with E-state index in [1.54, 1.807) is 0 Å². The van der Waals surface area contributed by atoms with E-state index in [9.17, 15) is 9.59 Å². The first-order valence-electron chi connectivity index (χ1n) is 13.9. The monoisotopic (exact) mass is 458 g/mol. The van der Waals surface area contributed by atoms with E-state index in [0.29, 0.717) is 35.9 Å². The minimum absolute atomic E-state index is 0.0205. The van der Waals surface area contributed by atoms with Crippen LogP contribution < -0.4 is 0 Å². The zero-order chi connectivity index (χ0) is 23.8. The van der Waals surface area contributed by atoms with Crippen molar-refractivity contribution in [2.24, 2.45) is 40.4 Å². The maximum atomic E-state index is 13.9. The second-order valence-corrected chi connectivity index (χ2v) is 13.5. The van der Waals surface area contributed by atoms with Crippen molar-refractivity contribution < 1.29 is 19.1 Å². The lowest BCUT2D eigenvalue weighted by Gasteiger charge is -2.57. The fraction of sp³-hybridized carbons (Fsp3) is 0.931. The summed E-state index contributed by atoms with van der Waals surface area (Å²) in [6, 6.07) is 0. The molecule has 0 N–H and O–H groups in total. The van der Waals surface area contributed by atoms with E-state index in [2.05, 4.69) is 34.6 Å². The SMILES string of the molecule is CC(=O)O[C@@H]1CC[C@@]2(C)[C@@H](CC(=O)[C@]34O[C@]35CC[C@@H]([C@H](C)CCCC(C)C)[C@]5(C)CC[C@@H]24)C1. The highest BCUT2D eigenvalue weighted by molar-refractivity contribution is 5.94. The second kappa shape index (κ2) is 7.80. The Morgan fingerprint density at radius 3 is 2.55 bits per heavy atom. The number of Topliss-reactive ketones (excluding diaryl/α,β-unsaturated/α-hetero) is 1. The second-order valence-electron chi connectivity index (χ2n) is 13.5. The van der Waals surface area contributed by atoms with Crippen LogP contribution in [0.2, 0.25) is 0 Å². The summed E-state index contributed by atoms with van der Waals surface area (Å²) < 4.78 is 12.5. The average Bonchev–Trinajstić information content (AvgIpc) is 3.32. The molecule has 4 heteroatoms. The highest BCUT2D eigenvalue weighted by atomic mass is 16.6. The Hall–Kier alpha value is -0.900. The molecular formula is C29H46O4. The van der Waals surface area contributed by atoms with Crippen molar-refractivity contribution in [3.05, 3.63) is 0 Å². The first kappa shape index (κ1) is 23.8. The number of esters is 1. The first-order valence-corrected chi connectivity index (χ1v) is 13.9. The number of hydrogen-bond acceptors (Lipinski definition) is 4. The van der Waals surface area contributed by atoms with Gasteiger partial charge in [0.05, 0.1) is 0 Å². The molecule has 0 bridgehead atoms.